The minimum absolute atomic E-state index is 0.0254. The summed E-state index contributed by atoms with van der Waals surface area (Å²) in [5.74, 6) is 0.220. The number of carbonyl (C=O) groups is 1. The molecule has 0 N–H and O–H groups in total. The van der Waals surface area contributed by atoms with Crippen LogP contribution in [0.5, 0.6) is 5.75 Å². The number of fused-ring (bicyclic) bond motifs is 1. The van der Waals surface area contributed by atoms with Crippen molar-refractivity contribution >= 4 is 5.78 Å². The molecule has 1 unspecified atom stereocenters. The Labute approximate surface area is 94.4 Å². The Balaban J connectivity index is 2.46. The Kier molecular flexibility index (Phi) is 2.49. The molecule has 0 spiro atoms. The Morgan fingerprint density at radius 1 is 1.44 bits per heavy atom. The van der Waals surface area contributed by atoms with Crippen LogP contribution in [0.4, 0.5) is 4.39 Å². The summed E-state index contributed by atoms with van der Waals surface area (Å²) in [6, 6.07) is 4.07. The van der Waals surface area contributed by atoms with Crippen LogP contribution in [0.25, 0.3) is 0 Å². The van der Waals surface area contributed by atoms with E-state index in [1.54, 1.807) is 0 Å². The first-order valence-electron chi connectivity index (χ1n) is 5.44. The van der Waals surface area contributed by atoms with Crippen molar-refractivity contribution in [3.63, 3.8) is 0 Å². The zero-order chi connectivity index (χ0) is 11.9. The van der Waals surface area contributed by atoms with E-state index in [1.807, 2.05) is 20.8 Å². The number of hydrogen-bond donors (Lipinski definition) is 0. The lowest BCUT2D eigenvalue weighted by atomic mass is 9.83. The summed E-state index contributed by atoms with van der Waals surface area (Å²) in [5.41, 5.74) is -0.0442. The maximum atomic E-state index is 13.1. The van der Waals surface area contributed by atoms with E-state index in [-0.39, 0.29) is 17.5 Å². The maximum absolute atomic E-state index is 13.1. The number of Topliss-reactive ketones (excluding diaryl/α,β-unsaturated/α-hetero) is 1. The fourth-order valence-electron chi connectivity index (χ4n) is 1.83. The van der Waals surface area contributed by atoms with Gasteiger partial charge in [0.2, 0.25) is 0 Å². The summed E-state index contributed by atoms with van der Waals surface area (Å²) in [6.07, 6.45) is 0.350. The van der Waals surface area contributed by atoms with Gasteiger partial charge in [0.15, 0.2) is 5.78 Å². The molecule has 1 aliphatic heterocycles. The molecule has 1 heterocycles. The fourth-order valence-corrected chi connectivity index (χ4v) is 1.83. The number of halogens is 1. The van der Waals surface area contributed by atoms with Crippen LogP contribution >= 0.6 is 0 Å². The molecular weight excluding hydrogens is 207 g/mol. The summed E-state index contributed by atoms with van der Waals surface area (Å²) in [5, 5.41) is 0. The van der Waals surface area contributed by atoms with Crippen molar-refractivity contribution in [1.82, 2.24) is 0 Å². The average molecular weight is 222 g/mol. The van der Waals surface area contributed by atoms with E-state index in [1.165, 1.54) is 18.2 Å². The highest BCUT2D eigenvalue weighted by atomic mass is 19.1. The minimum Gasteiger partial charge on any atom is -0.486 e. The second-order valence-electron chi connectivity index (χ2n) is 4.81. The molecule has 86 valence electrons. The summed E-state index contributed by atoms with van der Waals surface area (Å²) < 4.78 is 18.9. The molecule has 3 heteroatoms. The predicted molar refractivity (Wildman–Crippen MR) is 59.2 cm³/mol. The number of benzene rings is 1. The molecule has 1 aliphatic rings. The van der Waals surface area contributed by atoms with Gasteiger partial charge in [0.25, 0.3) is 0 Å². The van der Waals surface area contributed by atoms with Crippen LogP contribution < -0.4 is 4.74 Å². The monoisotopic (exact) mass is 222 g/mol. The van der Waals surface area contributed by atoms with Crippen LogP contribution in [0.3, 0.4) is 0 Å². The van der Waals surface area contributed by atoms with Crippen molar-refractivity contribution in [2.45, 2.75) is 32.8 Å². The van der Waals surface area contributed by atoms with E-state index in [2.05, 4.69) is 0 Å². The molecule has 0 fully saturated rings. The lowest BCUT2D eigenvalue weighted by Gasteiger charge is -2.38. The van der Waals surface area contributed by atoms with Crippen molar-refractivity contribution in [2.75, 3.05) is 0 Å². The first-order valence-corrected chi connectivity index (χ1v) is 5.44. The van der Waals surface area contributed by atoms with Crippen molar-refractivity contribution in [3.8, 4) is 5.75 Å². The average Bonchev–Trinajstić information content (AvgIpc) is 2.16. The second kappa shape index (κ2) is 3.58. The van der Waals surface area contributed by atoms with E-state index in [9.17, 15) is 9.18 Å². The SMILES string of the molecule is CC(C)C1(C)CC(=O)c2ccc(F)cc2O1. The van der Waals surface area contributed by atoms with Gasteiger partial charge in [-0.05, 0) is 25.0 Å². The molecule has 0 saturated heterocycles. The largest absolute Gasteiger partial charge is 0.486 e. The smallest absolute Gasteiger partial charge is 0.170 e. The van der Waals surface area contributed by atoms with Gasteiger partial charge in [-0.15, -0.1) is 0 Å². The van der Waals surface area contributed by atoms with E-state index >= 15 is 0 Å². The third-order valence-electron chi connectivity index (χ3n) is 3.32. The molecular formula is C13H15FO2. The van der Waals surface area contributed by atoms with Gasteiger partial charge in [-0.1, -0.05) is 13.8 Å². The van der Waals surface area contributed by atoms with E-state index in [0.29, 0.717) is 17.7 Å². The summed E-state index contributed by atoms with van der Waals surface area (Å²) in [7, 11) is 0. The van der Waals surface area contributed by atoms with Crippen LogP contribution in [0.1, 0.15) is 37.6 Å². The van der Waals surface area contributed by atoms with Crippen LogP contribution in [0.15, 0.2) is 18.2 Å². The van der Waals surface area contributed by atoms with Crippen LogP contribution in [-0.4, -0.2) is 11.4 Å². The van der Waals surface area contributed by atoms with Crippen LogP contribution in [0.2, 0.25) is 0 Å². The van der Waals surface area contributed by atoms with Gasteiger partial charge >= 0.3 is 0 Å². The first kappa shape index (κ1) is 11.1. The molecule has 1 atom stereocenters. The predicted octanol–water partition coefficient (Wildman–Crippen LogP) is 3.21. The molecule has 16 heavy (non-hydrogen) atoms. The molecule has 1 aromatic carbocycles. The van der Waals surface area contributed by atoms with Crippen molar-refractivity contribution in [1.29, 1.82) is 0 Å². The topological polar surface area (TPSA) is 26.3 Å². The van der Waals surface area contributed by atoms with Gasteiger partial charge < -0.3 is 4.74 Å². The highest BCUT2D eigenvalue weighted by Crippen LogP contribution is 2.37. The quantitative estimate of drug-likeness (QED) is 0.729. The third kappa shape index (κ3) is 1.70. The molecule has 0 amide bonds. The number of carbonyl (C=O) groups excluding carboxylic acids is 1. The van der Waals surface area contributed by atoms with Gasteiger partial charge in [-0.25, -0.2) is 4.39 Å². The van der Waals surface area contributed by atoms with Gasteiger partial charge in [0, 0.05) is 6.07 Å². The molecule has 0 saturated carbocycles. The van der Waals surface area contributed by atoms with Crippen LogP contribution in [-0.2, 0) is 0 Å². The molecule has 0 aromatic heterocycles. The zero-order valence-electron chi connectivity index (χ0n) is 9.71. The lowest BCUT2D eigenvalue weighted by molar-refractivity contribution is 0.0210. The second-order valence-corrected chi connectivity index (χ2v) is 4.81. The lowest BCUT2D eigenvalue weighted by Crippen LogP contribution is -2.43. The minimum atomic E-state index is -0.530. The standard InChI is InChI=1S/C13H15FO2/c1-8(2)13(3)7-11(15)10-5-4-9(14)6-12(10)16-13/h4-6,8H,7H2,1-3H3. The van der Waals surface area contributed by atoms with E-state index in [4.69, 9.17) is 4.74 Å². The molecule has 1 aromatic rings. The van der Waals surface area contributed by atoms with Crippen molar-refractivity contribution in [3.05, 3.63) is 29.6 Å². The Morgan fingerprint density at radius 2 is 2.12 bits per heavy atom. The summed E-state index contributed by atoms with van der Waals surface area (Å²) in [4.78, 5) is 11.9. The normalized spacial score (nSPS) is 24.2. The number of ketones is 1. The molecule has 0 aliphatic carbocycles. The number of rotatable bonds is 1. The Morgan fingerprint density at radius 3 is 2.75 bits per heavy atom. The Bertz CT molecular complexity index is 440. The highest BCUT2D eigenvalue weighted by molar-refractivity contribution is 6.00. The number of ether oxygens (including phenoxy) is 1. The highest BCUT2D eigenvalue weighted by Gasteiger charge is 2.39. The molecule has 0 radical (unpaired) electrons. The summed E-state index contributed by atoms with van der Waals surface area (Å²) >= 11 is 0. The van der Waals surface area contributed by atoms with Crippen molar-refractivity contribution < 1.29 is 13.9 Å². The zero-order valence-corrected chi connectivity index (χ0v) is 9.71. The van der Waals surface area contributed by atoms with Gasteiger partial charge in [-0.2, -0.15) is 0 Å². The summed E-state index contributed by atoms with van der Waals surface area (Å²) in [6.45, 7) is 5.89. The van der Waals surface area contributed by atoms with Gasteiger partial charge in [0.05, 0.1) is 12.0 Å². The Hall–Kier alpha value is -1.38. The van der Waals surface area contributed by atoms with E-state index in [0.717, 1.165) is 0 Å². The maximum Gasteiger partial charge on any atom is 0.170 e. The third-order valence-corrected chi connectivity index (χ3v) is 3.32. The fraction of sp³-hybridized carbons (Fsp3) is 0.462. The molecule has 2 rings (SSSR count). The van der Waals surface area contributed by atoms with Gasteiger partial charge in [0.1, 0.15) is 17.2 Å². The van der Waals surface area contributed by atoms with Crippen molar-refractivity contribution in [2.24, 2.45) is 5.92 Å². The number of hydrogen-bond acceptors (Lipinski definition) is 2. The molecule has 0 bridgehead atoms. The van der Waals surface area contributed by atoms with Crippen LogP contribution in [0, 0.1) is 11.7 Å². The first-order chi connectivity index (χ1) is 7.42. The molecule has 2 nitrogen and oxygen atoms in total. The van der Waals surface area contributed by atoms with E-state index < -0.39 is 5.60 Å². The van der Waals surface area contributed by atoms with Gasteiger partial charge in [-0.3, -0.25) is 4.79 Å².